The number of aliphatic imine (C=N–C) groups is 1. The number of halogens is 2. The highest BCUT2D eigenvalue weighted by molar-refractivity contribution is 14.0. The van der Waals surface area contributed by atoms with E-state index in [0.29, 0.717) is 6.54 Å². The molecule has 0 bridgehead atoms. The van der Waals surface area contributed by atoms with Gasteiger partial charge in [-0.1, -0.05) is 48.0 Å². The molecule has 0 aliphatic heterocycles. The van der Waals surface area contributed by atoms with Gasteiger partial charge in [0, 0.05) is 9.89 Å². The number of nitrogens with zero attached hydrogens (tertiary/aromatic N) is 1. The zero-order valence-corrected chi connectivity index (χ0v) is 13.3. The first-order valence-electron chi connectivity index (χ1n) is 4.74. The lowest BCUT2D eigenvalue weighted by Crippen LogP contribution is -2.28. The number of hydrogen-bond acceptors (Lipinski definition) is 1. The van der Waals surface area contributed by atoms with E-state index in [2.05, 4.69) is 40.8 Å². The van der Waals surface area contributed by atoms with Gasteiger partial charge in [-0.2, -0.15) is 0 Å². The monoisotopic (exact) mass is 397 g/mol. The molecule has 0 unspecified atom stereocenters. The van der Waals surface area contributed by atoms with Crippen LogP contribution in [0.15, 0.2) is 33.7 Å². The van der Waals surface area contributed by atoms with Gasteiger partial charge in [0.25, 0.3) is 0 Å². The molecule has 0 aliphatic carbocycles. The molecule has 0 spiro atoms. The van der Waals surface area contributed by atoms with Crippen molar-refractivity contribution < 1.29 is 0 Å². The molecule has 0 heterocycles. The molecule has 3 nitrogen and oxygen atoms in total. The van der Waals surface area contributed by atoms with Crippen LogP contribution >= 0.6 is 39.9 Å². The van der Waals surface area contributed by atoms with Crippen LogP contribution in [-0.4, -0.2) is 12.5 Å². The first-order chi connectivity index (χ1) is 6.93. The fraction of sp³-hybridized carbons (Fsp3) is 0.364. The average Bonchev–Trinajstić information content (AvgIpc) is 2.15. The number of guanidine groups is 1. The first-order valence-corrected chi connectivity index (χ1v) is 5.53. The lowest BCUT2D eigenvalue weighted by molar-refractivity contribution is 0.537. The fourth-order valence-electron chi connectivity index (χ4n) is 1.38. The molecule has 1 aromatic rings. The van der Waals surface area contributed by atoms with Crippen molar-refractivity contribution in [1.29, 1.82) is 0 Å². The van der Waals surface area contributed by atoms with Crippen molar-refractivity contribution in [2.75, 3.05) is 6.54 Å². The van der Waals surface area contributed by atoms with Crippen molar-refractivity contribution in [3.8, 4) is 0 Å². The lowest BCUT2D eigenvalue weighted by atomic mass is 9.85. The Bertz CT molecular complexity index is 373. The number of nitrogens with two attached hydrogens (primary N) is 2. The Morgan fingerprint density at radius 3 is 2.38 bits per heavy atom. The maximum atomic E-state index is 5.33. The van der Waals surface area contributed by atoms with Crippen LogP contribution in [0.1, 0.15) is 19.4 Å². The van der Waals surface area contributed by atoms with Crippen LogP contribution in [0.3, 0.4) is 0 Å². The molecule has 0 aliphatic rings. The summed E-state index contributed by atoms with van der Waals surface area (Å²) in [4.78, 5) is 4.07. The zero-order chi connectivity index (χ0) is 11.5. The minimum absolute atomic E-state index is 0. The largest absolute Gasteiger partial charge is 0.370 e. The van der Waals surface area contributed by atoms with Crippen molar-refractivity contribution in [1.82, 2.24) is 0 Å². The van der Waals surface area contributed by atoms with Gasteiger partial charge in [0.2, 0.25) is 0 Å². The molecule has 1 rings (SSSR count). The summed E-state index contributed by atoms with van der Waals surface area (Å²) < 4.78 is 1.08. The molecular formula is C11H17BrIN3. The van der Waals surface area contributed by atoms with E-state index in [1.807, 2.05) is 18.2 Å². The first kappa shape index (κ1) is 15.7. The molecule has 0 saturated carbocycles. The molecule has 4 N–H and O–H groups in total. The normalized spacial score (nSPS) is 10.4. The summed E-state index contributed by atoms with van der Waals surface area (Å²) in [6.45, 7) is 4.80. The van der Waals surface area contributed by atoms with Gasteiger partial charge in [-0.25, -0.2) is 0 Å². The highest BCUT2D eigenvalue weighted by atomic mass is 127. The maximum absolute atomic E-state index is 5.33. The minimum atomic E-state index is -0.0793. The summed E-state index contributed by atoms with van der Waals surface area (Å²) in [5.41, 5.74) is 11.8. The quantitative estimate of drug-likeness (QED) is 0.467. The third-order valence-corrected chi connectivity index (χ3v) is 2.95. The predicted molar refractivity (Wildman–Crippen MR) is 83.3 cm³/mol. The highest BCUT2D eigenvalue weighted by Gasteiger charge is 2.22. The molecule has 0 fully saturated rings. The molecule has 0 atom stereocenters. The SMILES string of the molecule is CC(C)(CN=C(N)N)c1ccccc1Br.I. The fourth-order valence-corrected chi connectivity index (χ4v) is 2.21. The summed E-state index contributed by atoms with van der Waals surface area (Å²) in [6, 6.07) is 8.10. The van der Waals surface area contributed by atoms with Crippen LogP contribution in [0.2, 0.25) is 0 Å². The summed E-state index contributed by atoms with van der Waals surface area (Å²) in [7, 11) is 0. The second-order valence-electron chi connectivity index (χ2n) is 4.10. The molecule has 0 amide bonds. The molecule has 0 radical (unpaired) electrons. The highest BCUT2D eigenvalue weighted by Crippen LogP contribution is 2.29. The topological polar surface area (TPSA) is 64.4 Å². The Balaban J connectivity index is 0.00000225. The standard InChI is InChI=1S/C11H16BrN3.HI/c1-11(2,7-15-10(13)14)8-5-3-4-6-9(8)12;/h3-6H,7H2,1-2H3,(H4,13,14,15);1H. The predicted octanol–water partition coefficient (Wildman–Crippen LogP) is 2.62. The van der Waals surface area contributed by atoms with Gasteiger partial charge in [0.15, 0.2) is 5.96 Å². The van der Waals surface area contributed by atoms with E-state index in [4.69, 9.17) is 11.5 Å². The van der Waals surface area contributed by atoms with Crippen LogP contribution in [-0.2, 0) is 5.41 Å². The number of benzene rings is 1. The van der Waals surface area contributed by atoms with E-state index in [1.165, 1.54) is 5.56 Å². The summed E-state index contributed by atoms with van der Waals surface area (Å²) >= 11 is 3.53. The zero-order valence-electron chi connectivity index (χ0n) is 9.40. The molecular weight excluding hydrogens is 381 g/mol. The van der Waals surface area contributed by atoms with Crippen LogP contribution < -0.4 is 11.5 Å². The summed E-state index contributed by atoms with van der Waals surface area (Å²) in [6.07, 6.45) is 0. The van der Waals surface area contributed by atoms with Crippen molar-refractivity contribution >= 4 is 45.9 Å². The second kappa shape index (κ2) is 6.44. The number of rotatable bonds is 3. The summed E-state index contributed by atoms with van der Waals surface area (Å²) in [5.74, 6) is 0.134. The molecule has 1 aromatic carbocycles. The minimum Gasteiger partial charge on any atom is -0.370 e. The van der Waals surface area contributed by atoms with E-state index in [-0.39, 0.29) is 35.4 Å². The Labute approximate surface area is 122 Å². The van der Waals surface area contributed by atoms with Crippen molar-refractivity contribution in [2.24, 2.45) is 16.5 Å². The Morgan fingerprint density at radius 2 is 1.88 bits per heavy atom. The third-order valence-electron chi connectivity index (χ3n) is 2.26. The van der Waals surface area contributed by atoms with Gasteiger partial charge in [-0.05, 0) is 11.6 Å². The number of hydrogen-bond donors (Lipinski definition) is 2. The van der Waals surface area contributed by atoms with Gasteiger partial charge in [0.1, 0.15) is 0 Å². The Kier molecular flexibility index (Phi) is 6.32. The average molecular weight is 398 g/mol. The van der Waals surface area contributed by atoms with Gasteiger partial charge in [-0.15, -0.1) is 24.0 Å². The van der Waals surface area contributed by atoms with E-state index >= 15 is 0 Å². The third kappa shape index (κ3) is 4.29. The molecule has 16 heavy (non-hydrogen) atoms. The molecule has 5 heteroatoms. The van der Waals surface area contributed by atoms with E-state index in [9.17, 15) is 0 Å². The van der Waals surface area contributed by atoms with E-state index < -0.39 is 0 Å². The molecule has 90 valence electrons. The Hall–Kier alpha value is -0.300. The smallest absolute Gasteiger partial charge is 0.185 e. The van der Waals surface area contributed by atoms with Crippen molar-refractivity contribution in [3.63, 3.8) is 0 Å². The Morgan fingerprint density at radius 1 is 1.31 bits per heavy atom. The van der Waals surface area contributed by atoms with Gasteiger partial charge >= 0.3 is 0 Å². The molecule has 0 saturated heterocycles. The van der Waals surface area contributed by atoms with E-state index in [0.717, 1.165) is 4.47 Å². The van der Waals surface area contributed by atoms with Crippen LogP contribution in [0, 0.1) is 0 Å². The van der Waals surface area contributed by atoms with Crippen LogP contribution in [0.25, 0.3) is 0 Å². The second-order valence-corrected chi connectivity index (χ2v) is 4.96. The molecule has 0 aromatic heterocycles. The van der Waals surface area contributed by atoms with Gasteiger partial charge in [0.05, 0.1) is 6.54 Å². The van der Waals surface area contributed by atoms with Crippen molar-refractivity contribution in [3.05, 3.63) is 34.3 Å². The maximum Gasteiger partial charge on any atom is 0.185 e. The lowest BCUT2D eigenvalue weighted by Gasteiger charge is -2.24. The van der Waals surface area contributed by atoms with Gasteiger partial charge in [-0.3, -0.25) is 4.99 Å². The summed E-state index contributed by atoms with van der Waals surface area (Å²) in [5, 5.41) is 0. The van der Waals surface area contributed by atoms with E-state index in [1.54, 1.807) is 0 Å². The van der Waals surface area contributed by atoms with Crippen LogP contribution in [0.4, 0.5) is 0 Å². The van der Waals surface area contributed by atoms with Crippen molar-refractivity contribution in [2.45, 2.75) is 19.3 Å². The van der Waals surface area contributed by atoms with Crippen LogP contribution in [0.5, 0.6) is 0 Å². The van der Waals surface area contributed by atoms with Gasteiger partial charge < -0.3 is 11.5 Å².